The van der Waals surface area contributed by atoms with Crippen molar-refractivity contribution in [3.63, 3.8) is 0 Å². The van der Waals surface area contributed by atoms with Crippen LogP contribution in [0.4, 0.5) is 0 Å². The maximum absolute atomic E-state index is 10.4. The predicted molar refractivity (Wildman–Crippen MR) is 96.4 cm³/mol. The fraction of sp³-hybridized carbons (Fsp3) is 0.714. The molecule has 3 heteroatoms. The lowest BCUT2D eigenvalue weighted by atomic mass is 9.61. The van der Waals surface area contributed by atoms with Gasteiger partial charge in [-0.25, -0.2) is 0 Å². The van der Waals surface area contributed by atoms with Crippen LogP contribution in [0.1, 0.15) is 58.8 Å². The molecule has 0 aromatic rings. The standard InChI is InChI=1S/C21H32O3/c1-13-4-7-17(23)10-15(13)5-6-16-11-18(24)12-21(3)19(14(2)22)8-9-20(16)21/h5-6,14,17-20,22-24H,1,4,7-12H2,2-3H3/b15-5-,16-6+/t14-,17-,18+,19-,20+,21-/m1/s1. The molecule has 0 heterocycles. The van der Waals surface area contributed by atoms with Crippen LogP contribution in [0.5, 0.6) is 0 Å². The molecule has 0 aromatic carbocycles. The van der Waals surface area contributed by atoms with Gasteiger partial charge in [-0.05, 0) is 74.7 Å². The van der Waals surface area contributed by atoms with E-state index in [4.69, 9.17) is 0 Å². The Morgan fingerprint density at radius 2 is 1.88 bits per heavy atom. The van der Waals surface area contributed by atoms with Crippen LogP contribution in [-0.2, 0) is 0 Å². The summed E-state index contributed by atoms with van der Waals surface area (Å²) in [6.45, 7) is 8.26. The van der Waals surface area contributed by atoms with Crippen molar-refractivity contribution in [2.24, 2.45) is 17.3 Å². The summed E-state index contributed by atoms with van der Waals surface area (Å²) in [6.07, 6.45) is 9.39. The lowest BCUT2D eigenvalue weighted by molar-refractivity contribution is -0.0110. The number of rotatable bonds is 2. The highest BCUT2D eigenvalue weighted by Crippen LogP contribution is 2.58. The van der Waals surface area contributed by atoms with E-state index in [1.165, 1.54) is 5.57 Å². The molecule has 0 aliphatic heterocycles. The maximum Gasteiger partial charge on any atom is 0.0583 e. The van der Waals surface area contributed by atoms with Crippen molar-refractivity contribution in [3.05, 3.63) is 35.5 Å². The van der Waals surface area contributed by atoms with Gasteiger partial charge in [-0.15, -0.1) is 0 Å². The Morgan fingerprint density at radius 1 is 1.12 bits per heavy atom. The van der Waals surface area contributed by atoms with Crippen LogP contribution in [-0.4, -0.2) is 33.6 Å². The summed E-state index contributed by atoms with van der Waals surface area (Å²) >= 11 is 0. The smallest absolute Gasteiger partial charge is 0.0583 e. The second-order valence-electron chi connectivity index (χ2n) is 8.48. The third-order valence-corrected chi connectivity index (χ3v) is 6.77. The zero-order chi connectivity index (χ0) is 17.5. The van der Waals surface area contributed by atoms with Gasteiger partial charge in [0.15, 0.2) is 0 Å². The highest BCUT2D eigenvalue weighted by Gasteiger charge is 2.52. The average Bonchev–Trinajstić information content (AvgIpc) is 2.84. The van der Waals surface area contributed by atoms with Gasteiger partial charge in [-0.2, -0.15) is 0 Å². The van der Waals surface area contributed by atoms with Crippen LogP contribution < -0.4 is 0 Å². The first-order valence-electron chi connectivity index (χ1n) is 9.43. The predicted octanol–water partition coefficient (Wildman–Crippen LogP) is 3.51. The molecule has 134 valence electrons. The molecule has 24 heavy (non-hydrogen) atoms. The molecule has 3 rings (SSSR count). The molecule has 3 aliphatic carbocycles. The largest absolute Gasteiger partial charge is 0.393 e. The Bertz CT molecular complexity index is 559. The minimum absolute atomic E-state index is 0.0146. The Labute approximate surface area is 145 Å². The topological polar surface area (TPSA) is 60.7 Å². The molecule has 0 spiro atoms. The lowest BCUT2D eigenvalue weighted by Crippen LogP contribution is -2.42. The van der Waals surface area contributed by atoms with Crippen LogP contribution in [0.15, 0.2) is 35.5 Å². The van der Waals surface area contributed by atoms with Gasteiger partial charge in [0.05, 0.1) is 18.3 Å². The number of aliphatic hydroxyl groups is 3. The van der Waals surface area contributed by atoms with Crippen molar-refractivity contribution in [2.75, 3.05) is 0 Å². The molecule has 0 radical (unpaired) electrons. The molecule has 0 unspecified atom stereocenters. The first kappa shape index (κ1) is 17.9. The van der Waals surface area contributed by atoms with Crippen LogP contribution in [0.2, 0.25) is 0 Å². The maximum atomic E-state index is 10.4. The first-order valence-corrected chi connectivity index (χ1v) is 9.43. The van der Waals surface area contributed by atoms with Gasteiger partial charge < -0.3 is 15.3 Å². The molecule has 0 aromatic heterocycles. The normalized spacial score (nSPS) is 44.8. The van der Waals surface area contributed by atoms with Crippen molar-refractivity contribution in [1.29, 1.82) is 0 Å². The van der Waals surface area contributed by atoms with Gasteiger partial charge in [0.25, 0.3) is 0 Å². The molecular weight excluding hydrogens is 300 g/mol. The molecule has 3 fully saturated rings. The number of hydrogen-bond acceptors (Lipinski definition) is 3. The molecule has 3 nitrogen and oxygen atoms in total. The third-order valence-electron chi connectivity index (χ3n) is 6.77. The summed E-state index contributed by atoms with van der Waals surface area (Å²) in [5.41, 5.74) is 3.57. The number of aliphatic hydroxyl groups excluding tert-OH is 3. The second-order valence-corrected chi connectivity index (χ2v) is 8.48. The van der Waals surface area contributed by atoms with E-state index in [0.717, 1.165) is 49.7 Å². The fourth-order valence-electron chi connectivity index (χ4n) is 5.53. The summed E-state index contributed by atoms with van der Waals surface area (Å²) < 4.78 is 0. The summed E-state index contributed by atoms with van der Waals surface area (Å²) in [5.74, 6) is 0.708. The van der Waals surface area contributed by atoms with E-state index in [0.29, 0.717) is 12.3 Å². The molecular formula is C21H32O3. The van der Waals surface area contributed by atoms with Crippen molar-refractivity contribution in [3.8, 4) is 0 Å². The molecule has 0 amide bonds. The van der Waals surface area contributed by atoms with E-state index < -0.39 is 0 Å². The van der Waals surface area contributed by atoms with E-state index in [1.807, 2.05) is 6.92 Å². The van der Waals surface area contributed by atoms with Gasteiger partial charge in [0.2, 0.25) is 0 Å². The zero-order valence-corrected chi connectivity index (χ0v) is 15.0. The zero-order valence-electron chi connectivity index (χ0n) is 15.0. The highest BCUT2D eigenvalue weighted by atomic mass is 16.3. The van der Waals surface area contributed by atoms with E-state index in [-0.39, 0.29) is 29.6 Å². The van der Waals surface area contributed by atoms with Gasteiger partial charge >= 0.3 is 0 Å². The Balaban J connectivity index is 1.86. The lowest BCUT2D eigenvalue weighted by Gasteiger charge is -2.45. The third kappa shape index (κ3) is 3.26. The fourth-order valence-corrected chi connectivity index (χ4v) is 5.53. The van der Waals surface area contributed by atoms with Gasteiger partial charge in [0, 0.05) is 0 Å². The Morgan fingerprint density at radius 3 is 2.58 bits per heavy atom. The molecule has 0 saturated heterocycles. The van der Waals surface area contributed by atoms with E-state index in [1.54, 1.807) is 0 Å². The molecule has 3 N–H and O–H groups in total. The first-order chi connectivity index (χ1) is 11.3. The van der Waals surface area contributed by atoms with Crippen LogP contribution in [0, 0.1) is 17.3 Å². The molecule has 6 atom stereocenters. The van der Waals surface area contributed by atoms with Crippen molar-refractivity contribution >= 4 is 0 Å². The molecule has 3 aliphatic rings. The van der Waals surface area contributed by atoms with E-state index in [9.17, 15) is 15.3 Å². The van der Waals surface area contributed by atoms with Crippen LogP contribution in [0.25, 0.3) is 0 Å². The molecule has 3 saturated carbocycles. The molecule has 0 bridgehead atoms. The van der Waals surface area contributed by atoms with Crippen LogP contribution >= 0.6 is 0 Å². The summed E-state index contributed by atoms with van der Waals surface area (Å²) in [5, 5.41) is 30.5. The van der Waals surface area contributed by atoms with Gasteiger partial charge in [0.1, 0.15) is 0 Å². The number of hydrogen-bond donors (Lipinski definition) is 3. The van der Waals surface area contributed by atoms with E-state index in [2.05, 4.69) is 25.7 Å². The van der Waals surface area contributed by atoms with Gasteiger partial charge in [-0.3, -0.25) is 0 Å². The summed E-state index contributed by atoms with van der Waals surface area (Å²) in [7, 11) is 0. The summed E-state index contributed by atoms with van der Waals surface area (Å²) in [6, 6.07) is 0. The van der Waals surface area contributed by atoms with Crippen molar-refractivity contribution in [2.45, 2.75) is 77.1 Å². The van der Waals surface area contributed by atoms with Gasteiger partial charge in [-0.1, -0.05) is 36.8 Å². The average molecular weight is 332 g/mol. The van der Waals surface area contributed by atoms with Crippen molar-refractivity contribution in [1.82, 2.24) is 0 Å². The quantitative estimate of drug-likeness (QED) is 0.725. The second kappa shape index (κ2) is 6.78. The number of fused-ring (bicyclic) bond motifs is 1. The van der Waals surface area contributed by atoms with Crippen LogP contribution in [0.3, 0.4) is 0 Å². The number of allylic oxidation sites excluding steroid dienone is 3. The Hall–Kier alpha value is -0.900. The van der Waals surface area contributed by atoms with Crippen molar-refractivity contribution < 1.29 is 15.3 Å². The SMILES string of the molecule is C=C1CC[C@@H](O)C/C1=C/C=C1\C[C@H](O)C[C@]2(C)[C@@H]([C@@H](C)O)CC[C@@H]12. The minimum atomic E-state index is -0.324. The Kier molecular flexibility index (Phi) is 5.06. The minimum Gasteiger partial charge on any atom is -0.393 e. The van der Waals surface area contributed by atoms with E-state index >= 15 is 0 Å². The summed E-state index contributed by atoms with van der Waals surface area (Å²) in [4.78, 5) is 0. The highest BCUT2D eigenvalue weighted by molar-refractivity contribution is 5.36. The monoisotopic (exact) mass is 332 g/mol.